The average Bonchev–Trinajstić information content (AvgIpc) is 1.92. The van der Waals surface area contributed by atoms with Crippen molar-refractivity contribution in [3.63, 3.8) is 0 Å². The van der Waals surface area contributed by atoms with Crippen molar-refractivity contribution in [2.24, 2.45) is 0 Å². The van der Waals surface area contributed by atoms with Crippen LogP contribution in [0.2, 0.25) is 0 Å². The third kappa shape index (κ3) is 0.754. The van der Waals surface area contributed by atoms with Gasteiger partial charge in [-0.15, -0.1) is 0 Å². The molecule has 1 fully saturated rings. The molecule has 2 heterocycles. The molecule has 2 aliphatic rings. The number of rotatable bonds is 0. The molecule has 2 rings (SSSR count). The highest BCUT2D eigenvalue weighted by atomic mass is 35.5. The highest BCUT2D eigenvalue weighted by Gasteiger charge is 2.36. The number of β-lactam (4-membered cyclic amide) rings is 1. The SMILES string of the molecule is O=C1C[C@@H]2CCC(Cl)=CN12. The predicted octanol–water partition coefficient (Wildman–Crippen LogP) is 1.46. The molecule has 1 saturated heterocycles. The third-order valence-corrected chi connectivity index (χ3v) is 2.37. The maximum atomic E-state index is 10.8. The van der Waals surface area contributed by atoms with Crippen molar-refractivity contribution in [2.45, 2.75) is 25.3 Å². The molecule has 0 aliphatic carbocycles. The summed E-state index contributed by atoms with van der Waals surface area (Å²) in [5.74, 6) is 0.211. The topological polar surface area (TPSA) is 20.3 Å². The van der Waals surface area contributed by atoms with E-state index >= 15 is 0 Å². The molecule has 2 nitrogen and oxygen atoms in total. The molecule has 54 valence electrons. The van der Waals surface area contributed by atoms with Gasteiger partial charge in [0.15, 0.2) is 0 Å². The Morgan fingerprint density at radius 2 is 2.50 bits per heavy atom. The summed E-state index contributed by atoms with van der Waals surface area (Å²) in [4.78, 5) is 12.6. The highest BCUT2D eigenvalue weighted by Crippen LogP contribution is 2.31. The van der Waals surface area contributed by atoms with Crippen molar-refractivity contribution >= 4 is 17.5 Å². The molecule has 0 spiro atoms. The van der Waals surface area contributed by atoms with E-state index in [2.05, 4.69) is 0 Å². The second kappa shape index (κ2) is 1.99. The van der Waals surface area contributed by atoms with E-state index in [4.69, 9.17) is 11.6 Å². The summed E-state index contributed by atoms with van der Waals surface area (Å²) in [6, 6.07) is 0.468. The lowest BCUT2D eigenvalue weighted by atomic mass is 9.95. The molecule has 0 radical (unpaired) electrons. The molecule has 10 heavy (non-hydrogen) atoms. The minimum Gasteiger partial charge on any atom is -0.314 e. The third-order valence-electron chi connectivity index (χ3n) is 2.09. The van der Waals surface area contributed by atoms with Gasteiger partial charge < -0.3 is 4.90 Å². The van der Waals surface area contributed by atoms with Crippen molar-refractivity contribution in [3.05, 3.63) is 11.2 Å². The summed E-state index contributed by atoms with van der Waals surface area (Å²) in [6.07, 6.45) is 4.47. The molecule has 0 unspecified atom stereocenters. The Morgan fingerprint density at radius 1 is 1.70 bits per heavy atom. The minimum atomic E-state index is 0.211. The van der Waals surface area contributed by atoms with Crippen molar-refractivity contribution < 1.29 is 4.79 Å². The molecule has 1 amide bonds. The summed E-state index contributed by atoms with van der Waals surface area (Å²) in [6.45, 7) is 0. The maximum absolute atomic E-state index is 10.8. The fourth-order valence-electron chi connectivity index (χ4n) is 1.44. The predicted molar refractivity (Wildman–Crippen MR) is 38.4 cm³/mol. The molecule has 0 N–H and O–H groups in total. The van der Waals surface area contributed by atoms with Gasteiger partial charge >= 0.3 is 0 Å². The number of carbonyl (C=O) groups excluding carboxylic acids is 1. The zero-order valence-electron chi connectivity index (χ0n) is 5.51. The number of hydrogen-bond donors (Lipinski definition) is 0. The number of hydrogen-bond acceptors (Lipinski definition) is 1. The Kier molecular flexibility index (Phi) is 1.24. The van der Waals surface area contributed by atoms with Crippen LogP contribution in [0, 0.1) is 0 Å². The summed E-state index contributed by atoms with van der Waals surface area (Å²) < 4.78 is 0. The van der Waals surface area contributed by atoms with Crippen molar-refractivity contribution in [1.29, 1.82) is 0 Å². The van der Waals surface area contributed by atoms with Gasteiger partial charge in [0.2, 0.25) is 5.91 Å². The first-order valence-electron chi connectivity index (χ1n) is 3.45. The van der Waals surface area contributed by atoms with Crippen LogP contribution in [0.3, 0.4) is 0 Å². The van der Waals surface area contributed by atoms with Crippen LogP contribution in [0.15, 0.2) is 11.2 Å². The van der Waals surface area contributed by atoms with E-state index in [1.54, 1.807) is 11.1 Å². The lowest BCUT2D eigenvalue weighted by Gasteiger charge is -2.40. The van der Waals surface area contributed by atoms with Gasteiger partial charge in [-0.3, -0.25) is 4.79 Å². The first-order chi connectivity index (χ1) is 4.77. The van der Waals surface area contributed by atoms with Gasteiger partial charge in [0.25, 0.3) is 0 Å². The van der Waals surface area contributed by atoms with E-state index in [-0.39, 0.29) is 5.91 Å². The Morgan fingerprint density at radius 3 is 3.10 bits per heavy atom. The molecule has 0 aromatic heterocycles. The Bertz CT molecular complexity index is 212. The van der Waals surface area contributed by atoms with Crippen LogP contribution in [-0.2, 0) is 4.79 Å². The van der Waals surface area contributed by atoms with Crippen LogP contribution in [0.5, 0.6) is 0 Å². The second-order valence-corrected chi connectivity index (χ2v) is 3.26. The summed E-state index contributed by atoms with van der Waals surface area (Å²) in [5.41, 5.74) is 0. The lowest BCUT2D eigenvalue weighted by molar-refractivity contribution is -0.142. The number of halogens is 1. The largest absolute Gasteiger partial charge is 0.314 e. The van der Waals surface area contributed by atoms with Gasteiger partial charge in [-0.25, -0.2) is 0 Å². The minimum absolute atomic E-state index is 0.211. The first-order valence-corrected chi connectivity index (χ1v) is 3.82. The summed E-state index contributed by atoms with van der Waals surface area (Å²) in [7, 11) is 0. The standard InChI is InChI=1S/C7H8ClNO/c8-5-1-2-6-3-7(10)9(6)4-5/h4,6H,1-3H2/t6-/m0/s1. The van der Waals surface area contributed by atoms with Gasteiger partial charge in [-0.05, 0) is 12.8 Å². The van der Waals surface area contributed by atoms with Crippen LogP contribution in [-0.4, -0.2) is 16.8 Å². The maximum Gasteiger partial charge on any atom is 0.228 e. The molecule has 0 aromatic carbocycles. The number of nitrogens with zero attached hydrogens (tertiary/aromatic N) is 1. The molecular formula is C7H8ClNO. The van der Waals surface area contributed by atoms with E-state index in [1.165, 1.54) is 0 Å². The average molecular weight is 158 g/mol. The first kappa shape index (κ1) is 6.23. The Labute approximate surface area is 64.5 Å². The number of amides is 1. The smallest absolute Gasteiger partial charge is 0.228 e. The second-order valence-electron chi connectivity index (χ2n) is 2.77. The fourth-order valence-corrected chi connectivity index (χ4v) is 1.65. The fraction of sp³-hybridized carbons (Fsp3) is 0.571. The van der Waals surface area contributed by atoms with Crippen molar-refractivity contribution in [2.75, 3.05) is 0 Å². The van der Waals surface area contributed by atoms with Crippen molar-refractivity contribution in [3.8, 4) is 0 Å². The summed E-state index contributed by atoms with van der Waals surface area (Å²) >= 11 is 5.74. The quantitative estimate of drug-likeness (QED) is 0.488. The highest BCUT2D eigenvalue weighted by molar-refractivity contribution is 6.29. The normalized spacial score (nSPS) is 30.9. The molecule has 3 heteroatoms. The summed E-state index contributed by atoms with van der Waals surface area (Å²) in [5, 5.41) is 0.810. The van der Waals surface area contributed by atoms with E-state index < -0.39 is 0 Å². The van der Waals surface area contributed by atoms with E-state index in [9.17, 15) is 4.79 Å². The Hall–Kier alpha value is -0.500. The van der Waals surface area contributed by atoms with Crippen LogP contribution in [0.25, 0.3) is 0 Å². The van der Waals surface area contributed by atoms with Crippen LogP contribution in [0.4, 0.5) is 0 Å². The number of allylic oxidation sites excluding steroid dienone is 1. The number of carbonyl (C=O) groups is 1. The van der Waals surface area contributed by atoms with E-state index in [0.29, 0.717) is 6.04 Å². The van der Waals surface area contributed by atoms with Gasteiger partial charge in [-0.2, -0.15) is 0 Å². The number of fused-ring (bicyclic) bond motifs is 1. The van der Waals surface area contributed by atoms with Gasteiger partial charge in [-0.1, -0.05) is 11.6 Å². The van der Waals surface area contributed by atoms with Crippen LogP contribution in [0.1, 0.15) is 19.3 Å². The van der Waals surface area contributed by atoms with E-state index in [1.807, 2.05) is 0 Å². The zero-order valence-corrected chi connectivity index (χ0v) is 6.27. The zero-order chi connectivity index (χ0) is 7.14. The lowest BCUT2D eigenvalue weighted by Crippen LogP contribution is -2.50. The molecule has 2 aliphatic heterocycles. The monoisotopic (exact) mass is 157 g/mol. The molecule has 0 saturated carbocycles. The van der Waals surface area contributed by atoms with Gasteiger partial charge in [0.05, 0.1) is 0 Å². The molecule has 0 bridgehead atoms. The van der Waals surface area contributed by atoms with Crippen LogP contribution >= 0.6 is 11.6 Å². The molecular weight excluding hydrogens is 150 g/mol. The Balaban J connectivity index is 2.18. The van der Waals surface area contributed by atoms with Gasteiger partial charge in [0.1, 0.15) is 0 Å². The van der Waals surface area contributed by atoms with Crippen molar-refractivity contribution in [1.82, 2.24) is 4.90 Å². The van der Waals surface area contributed by atoms with E-state index in [0.717, 1.165) is 24.3 Å². The van der Waals surface area contributed by atoms with Crippen LogP contribution < -0.4 is 0 Å². The molecule has 0 aromatic rings. The molecule has 1 atom stereocenters. The van der Waals surface area contributed by atoms with Gasteiger partial charge in [0, 0.05) is 23.7 Å².